The largest absolute Gasteiger partial charge is 0.497 e. The smallest absolute Gasteiger partial charge is 0.263 e. The van der Waals surface area contributed by atoms with Crippen molar-refractivity contribution >= 4 is 39.0 Å². The zero-order chi connectivity index (χ0) is 21.0. The van der Waals surface area contributed by atoms with Crippen LogP contribution in [0.2, 0.25) is 5.02 Å². The molecule has 0 unspecified atom stereocenters. The van der Waals surface area contributed by atoms with Crippen molar-refractivity contribution in [2.24, 2.45) is 0 Å². The van der Waals surface area contributed by atoms with E-state index >= 15 is 0 Å². The van der Waals surface area contributed by atoms with Crippen molar-refractivity contribution < 1.29 is 17.9 Å². The number of methoxy groups -OCH3 is 1. The number of nitrogens with zero attached hydrogens (tertiary/aromatic N) is 1. The monoisotopic (exact) mass is 431 g/mol. The van der Waals surface area contributed by atoms with Gasteiger partial charge in [0.15, 0.2) is 0 Å². The summed E-state index contributed by atoms with van der Waals surface area (Å²) in [5, 5.41) is 2.66. The molecule has 0 aliphatic heterocycles. The zero-order valence-corrected chi connectivity index (χ0v) is 17.2. The van der Waals surface area contributed by atoms with Crippen LogP contribution >= 0.6 is 11.6 Å². The Hall–Kier alpha value is -3.10. The zero-order valence-electron chi connectivity index (χ0n) is 15.6. The molecule has 1 amide bonds. The van der Waals surface area contributed by atoms with Gasteiger partial charge in [0.25, 0.3) is 15.9 Å². The SMILES string of the molecule is COc1ccc(NS(=O)(=O)c2cc(C(=O)Nc3ncccc3C)ccc2Cl)cc1. The van der Waals surface area contributed by atoms with Crippen molar-refractivity contribution in [3.05, 3.63) is 76.9 Å². The van der Waals surface area contributed by atoms with Crippen LogP contribution in [0.15, 0.2) is 65.7 Å². The Kier molecular flexibility index (Phi) is 6.05. The quantitative estimate of drug-likeness (QED) is 0.612. The Labute approximate surface area is 173 Å². The summed E-state index contributed by atoms with van der Waals surface area (Å²) in [5.74, 6) is 0.493. The number of pyridine rings is 1. The predicted octanol–water partition coefficient (Wildman–Crippen LogP) is 4.11. The maximum absolute atomic E-state index is 12.8. The molecule has 0 saturated carbocycles. The number of carbonyl (C=O) groups is 1. The van der Waals surface area contributed by atoms with E-state index in [1.165, 1.54) is 25.3 Å². The van der Waals surface area contributed by atoms with E-state index in [0.29, 0.717) is 17.3 Å². The third kappa shape index (κ3) is 4.85. The molecule has 29 heavy (non-hydrogen) atoms. The Balaban J connectivity index is 1.87. The van der Waals surface area contributed by atoms with Crippen molar-refractivity contribution in [2.45, 2.75) is 11.8 Å². The molecule has 3 rings (SSSR count). The third-order valence-corrected chi connectivity index (χ3v) is 5.93. The van der Waals surface area contributed by atoms with E-state index in [4.69, 9.17) is 16.3 Å². The van der Waals surface area contributed by atoms with Gasteiger partial charge in [0.05, 0.1) is 12.1 Å². The summed E-state index contributed by atoms with van der Waals surface area (Å²) < 4.78 is 33.1. The second kappa shape index (κ2) is 8.50. The number of rotatable bonds is 6. The van der Waals surface area contributed by atoms with Crippen LogP contribution in [-0.4, -0.2) is 26.4 Å². The lowest BCUT2D eigenvalue weighted by Gasteiger charge is -2.12. The molecule has 0 aliphatic rings. The van der Waals surface area contributed by atoms with Crippen LogP contribution in [0.25, 0.3) is 0 Å². The van der Waals surface area contributed by atoms with E-state index in [2.05, 4.69) is 15.0 Å². The first-order chi connectivity index (χ1) is 13.8. The van der Waals surface area contributed by atoms with Gasteiger partial charge in [-0.3, -0.25) is 9.52 Å². The Morgan fingerprint density at radius 3 is 2.48 bits per heavy atom. The molecule has 0 atom stereocenters. The van der Waals surface area contributed by atoms with Crippen LogP contribution in [0.4, 0.5) is 11.5 Å². The van der Waals surface area contributed by atoms with Crippen LogP contribution in [0.1, 0.15) is 15.9 Å². The van der Waals surface area contributed by atoms with Gasteiger partial charge >= 0.3 is 0 Å². The number of ether oxygens (including phenoxy) is 1. The predicted molar refractivity (Wildman–Crippen MR) is 112 cm³/mol. The van der Waals surface area contributed by atoms with Gasteiger partial charge in [-0.1, -0.05) is 17.7 Å². The molecule has 0 spiro atoms. The second-order valence-electron chi connectivity index (χ2n) is 6.10. The minimum Gasteiger partial charge on any atom is -0.497 e. The molecule has 3 aromatic rings. The summed E-state index contributed by atoms with van der Waals surface area (Å²) in [5.41, 5.74) is 1.25. The first-order valence-corrected chi connectivity index (χ1v) is 10.4. The molecule has 1 heterocycles. The number of sulfonamides is 1. The molecule has 2 aromatic carbocycles. The van der Waals surface area contributed by atoms with E-state index in [1.807, 2.05) is 0 Å². The standard InChI is InChI=1S/C20H18ClN3O4S/c1-13-4-3-11-22-19(13)23-20(25)14-5-10-17(21)18(12-14)29(26,27)24-15-6-8-16(28-2)9-7-15/h3-12,24H,1-2H3,(H,22,23,25). The molecular weight excluding hydrogens is 414 g/mol. The van der Waals surface area contributed by atoms with Crippen LogP contribution in [-0.2, 0) is 10.0 Å². The minimum absolute atomic E-state index is 0.00317. The van der Waals surface area contributed by atoms with Crippen molar-refractivity contribution in [2.75, 3.05) is 17.1 Å². The maximum atomic E-state index is 12.8. The fraction of sp³-hybridized carbons (Fsp3) is 0.100. The Morgan fingerprint density at radius 2 is 1.83 bits per heavy atom. The highest BCUT2D eigenvalue weighted by atomic mass is 35.5. The van der Waals surface area contributed by atoms with Crippen LogP contribution in [0.3, 0.4) is 0 Å². The summed E-state index contributed by atoms with van der Waals surface area (Å²) in [4.78, 5) is 16.5. The highest BCUT2D eigenvalue weighted by Gasteiger charge is 2.21. The van der Waals surface area contributed by atoms with E-state index in [9.17, 15) is 13.2 Å². The lowest BCUT2D eigenvalue weighted by atomic mass is 10.2. The number of halogens is 1. The van der Waals surface area contributed by atoms with Crippen LogP contribution in [0.5, 0.6) is 5.75 Å². The normalized spacial score (nSPS) is 11.0. The van der Waals surface area contributed by atoms with Crippen molar-refractivity contribution in [1.29, 1.82) is 0 Å². The van der Waals surface area contributed by atoms with Gasteiger partial charge in [-0.2, -0.15) is 0 Å². The van der Waals surface area contributed by atoms with Crippen molar-refractivity contribution in [1.82, 2.24) is 4.98 Å². The topological polar surface area (TPSA) is 97.4 Å². The summed E-state index contributed by atoms with van der Waals surface area (Å²) in [7, 11) is -2.50. The summed E-state index contributed by atoms with van der Waals surface area (Å²) in [6.07, 6.45) is 1.55. The Morgan fingerprint density at radius 1 is 1.10 bits per heavy atom. The lowest BCUT2D eigenvalue weighted by molar-refractivity contribution is 0.102. The molecule has 7 nitrogen and oxygen atoms in total. The highest BCUT2D eigenvalue weighted by molar-refractivity contribution is 7.92. The maximum Gasteiger partial charge on any atom is 0.263 e. The molecular formula is C20H18ClN3O4S. The molecule has 2 N–H and O–H groups in total. The number of aryl methyl sites for hydroxylation is 1. The van der Waals surface area contributed by atoms with Gasteiger partial charge in [-0.15, -0.1) is 0 Å². The number of carbonyl (C=O) groups excluding carboxylic acids is 1. The van der Waals surface area contributed by atoms with E-state index < -0.39 is 15.9 Å². The van der Waals surface area contributed by atoms with E-state index in [1.54, 1.807) is 49.5 Å². The molecule has 0 radical (unpaired) electrons. The van der Waals surface area contributed by atoms with Gasteiger partial charge in [-0.05, 0) is 61.0 Å². The first-order valence-electron chi connectivity index (χ1n) is 8.49. The number of nitrogens with one attached hydrogen (secondary N) is 2. The summed E-state index contributed by atoms with van der Waals surface area (Å²) in [6.45, 7) is 1.80. The highest BCUT2D eigenvalue weighted by Crippen LogP contribution is 2.26. The summed E-state index contributed by atoms with van der Waals surface area (Å²) in [6, 6.07) is 14.0. The van der Waals surface area contributed by atoms with Crippen LogP contribution in [0, 0.1) is 6.92 Å². The minimum atomic E-state index is -4.02. The third-order valence-electron chi connectivity index (χ3n) is 4.07. The molecule has 0 aliphatic carbocycles. The van der Waals surface area contributed by atoms with Crippen molar-refractivity contribution in [3.8, 4) is 5.75 Å². The van der Waals surface area contributed by atoms with E-state index in [0.717, 1.165) is 5.56 Å². The molecule has 9 heteroatoms. The number of hydrogen-bond acceptors (Lipinski definition) is 5. The molecule has 1 aromatic heterocycles. The Bertz CT molecular complexity index is 1150. The van der Waals surface area contributed by atoms with Gasteiger partial charge in [0.2, 0.25) is 0 Å². The van der Waals surface area contributed by atoms with Crippen LogP contribution < -0.4 is 14.8 Å². The van der Waals surface area contributed by atoms with Gasteiger partial charge in [0, 0.05) is 17.4 Å². The van der Waals surface area contributed by atoms with E-state index in [-0.39, 0.29) is 15.5 Å². The number of benzene rings is 2. The first kappa shape index (κ1) is 20.6. The average molecular weight is 432 g/mol. The van der Waals surface area contributed by atoms with Crippen molar-refractivity contribution in [3.63, 3.8) is 0 Å². The molecule has 0 fully saturated rings. The average Bonchev–Trinajstić information content (AvgIpc) is 2.70. The molecule has 0 saturated heterocycles. The number of anilines is 2. The number of aromatic nitrogens is 1. The fourth-order valence-corrected chi connectivity index (χ4v) is 4.10. The number of amides is 1. The molecule has 0 bridgehead atoms. The second-order valence-corrected chi connectivity index (χ2v) is 8.16. The fourth-order valence-electron chi connectivity index (χ4n) is 2.52. The molecule has 150 valence electrons. The summed E-state index contributed by atoms with van der Waals surface area (Å²) >= 11 is 6.10. The van der Waals surface area contributed by atoms with Gasteiger partial charge in [-0.25, -0.2) is 13.4 Å². The van der Waals surface area contributed by atoms with Gasteiger partial charge in [0.1, 0.15) is 16.5 Å². The lowest BCUT2D eigenvalue weighted by Crippen LogP contribution is -2.17. The van der Waals surface area contributed by atoms with Gasteiger partial charge < -0.3 is 10.1 Å². The number of hydrogen-bond donors (Lipinski definition) is 2.